The Kier molecular flexibility index (Phi) is 7.12. The molecule has 3 N–H and O–H groups in total. The van der Waals surface area contributed by atoms with E-state index in [4.69, 9.17) is 0 Å². The van der Waals surface area contributed by atoms with Gasteiger partial charge in [-0.1, -0.05) is 36.4 Å². The molecule has 4 rings (SSSR count). The lowest BCUT2D eigenvalue weighted by Crippen LogP contribution is -2.36. The minimum atomic E-state index is 0. The van der Waals surface area contributed by atoms with Crippen molar-refractivity contribution >= 4 is 40.8 Å². The number of nitrogens with one attached hydrogen (secondary N) is 3. The summed E-state index contributed by atoms with van der Waals surface area (Å²) < 4.78 is 0. The fourth-order valence-corrected chi connectivity index (χ4v) is 3.07. The van der Waals surface area contributed by atoms with Crippen LogP contribution in [0.1, 0.15) is 11.1 Å². The van der Waals surface area contributed by atoms with Crippen molar-refractivity contribution in [2.75, 3.05) is 7.05 Å². The van der Waals surface area contributed by atoms with Crippen molar-refractivity contribution in [1.29, 1.82) is 0 Å². The van der Waals surface area contributed by atoms with Gasteiger partial charge in [0, 0.05) is 37.3 Å². The molecule has 0 saturated carbocycles. The van der Waals surface area contributed by atoms with E-state index in [9.17, 15) is 0 Å². The number of pyridine rings is 1. The average molecular weight is 499 g/mol. The first-order valence-electron chi connectivity index (χ1n) is 9.05. The number of guanidine groups is 1. The molecule has 0 aliphatic rings. The van der Waals surface area contributed by atoms with E-state index in [1.54, 1.807) is 7.05 Å². The second-order valence-electron chi connectivity index (χ2n) is 6.30. The maximum Gasteiger partial charge on any atom is 0.191 e. The van der Waals surface area contributed by atoms with Crippen molar-refractivity contribution in [2.24, 2.45) is 4.99 Å². The molecule has 2 aromatic carbocycles. The molecule has 0 bridgehead atoms. The molecular formula is C21H22IN7. The van der Waals surface area contributed by atoms with Crippen molar-refractivity contribution in [3.05, 3.63) is 78.2 Å². The van der Waals surface area contributed by atoms with Gasteiger partial charge in [-0.05, 0) is 29.3 Å². The van der Waals surface area contributed by atoms with Crippen molar-refractivity contribution < 1.29 is 0 Å². The molecular weight excluding hydrogens is 477 g/mol. The maximum absolute atomic E-state index is 4.41. The monoisotopic (exact) mass is 499 g/mol. The molecule has 8 heteroatoms. The summed E-state index contributed by atoms with van der Waals surface area (Å²) in [5.74, 6) is 1.50. The number of aliphatic imine (C=N–C) groups is 1. The van der Waals surface area contributed by atoms with Crippen molar-refractivity contribution in [1.82, 2.24) is 30.8 Å². The minimum Gasteiger partial charge on any atom is -0.352 e. The minimum absolute atomic E-state index is 0. The lowest BCUT2D eigenvalue weighted by molar-refractivity contribution is 0.811. The second-order valence-corrected chi connectivity index (χ2v) is 6.30. The Balaban J connectivity index is 0.00000240. The van der Waals surface area contributed by atoms with Gasteiger partial charge < -0.3 is 10.6 Å². The van der Waals surface area contributed by atoms with E-state index < -0.39 is 0 Å². The normalized spacial score (nSPS) is 11.1. The first kappa shape index (κ1) is 20.7. The predicted molar refractivity (Wildman–Crippen MR) is 126 cm³/mol. The molecule has 0 unspecified atom stereocenters. The number of rotatable bonds is 5. The van der Waals surface area contributed by atoms with Crippen LogP contribution >= 0.6 is 24.0 Å². The third-order valence-corrected chi connectivity index (χ3v) is 4.48. The lowest BCUT2D eigenvalue weighted by atomic mass is 10.1. The Bertz CT molecular complexity index is 1090. The van der Waals surface area contributed by atoms with Gasteiger partial charge in [0.25, 0.3) is 0 Å². The summed E-state index contributed by atoms with van der Waals surface area (Å²) in [6, 6.07) is 18.3. The van der Waals surface area contributed by atoms with Gasteiger partial charge in [0.1, 0.15) is 6.33 Å². The summed E-state index contributed by atoms with van der Waals surface area (Å²) in [4.78, 5) is 12.9. The van der Waals surface area contributed by atoms with Crippen LogP contribution in [0, 0.1) is 0 Å². The summed E-state index contributed by atoms with van der Waals surface area (Å²) in [7, 11) is 1.77. The highest BCUT2D eigenvalue weighted by Gasteiger charge is 2.05. The van der Waals surface area contributed by atoms with Crippen LogP contribution in [0.5, 0.6) is 0 Å². The van der Waals surface area contributed by atoms with E-state index in [1.165, 1.54) is 11.9 Å². The third kappa shape index (κ3) is 5.08. The number of benzene rings is 2. The highest BCUT2D eigenvalue weighted by Crippen LogP contribution is 2.16. The van der Waals surface area contributed by atoms with E-state index in [0.717, 1.165) is 33.8 Å². The molecule has 0 amide bonds. The molecule has 29 heavy (non-hydrogen) atoms. The molecule has 4 aromatic rings. The molecule has 0 aliphatic heterocycles. The SMILES string of the molecule is CN=C(NCc1cccc(-c2ncn[nH]2)c1)NCc1ccnc2ccccc12.I. The molecule has 0 aliphatic carbocycles. The Morgan fingerprint density at radius 1 is 1.00 bits per heavy atom. The molecule has 2 heterocycles. The van der Waals surface area contributed by atoms with Crippen LogP contribution in [0.3, 0.4) is 0 Å². The standard InChI is InChI=1S/C21H21N7.HI/c1-22-21(25-13-17-9-10-23-19-8-3-2-7-18(17)19)24-12-15-5-4-6-16(11-15)20-26-14-27-28-20;/h2-11,14H,12-13H2,1H3,(H2,22,24,25)(H,26,27,28);1H. The van der Waals surface area contributed by atoms with E-state index in [2.05, 4.69) is 54.0 Å². The van der Waals surface area contributed by atoms with E-state index in [0.29, 0.717) is 13.1 Å². The Hall–Kier alpha value is -3.01. The number of H-pyrrole nitrogens is 1. The third-order valence-electron chi connectivity index (χ3n) is 4.48. The summed E-state index contributed by atoms with van der Waals surface area (Å²) in [6.45, 7) is 1.32. The number of fused-ring (bicyclic) bond motifs is 1. The fourth-order valence-electron chi connectivity index (χ4n) is 3.07. The first-order chi connectivity index (χ1) is 13.8. The van der Waals surface area contributed by atoms with Gasteiger partial charge in [0.05, 0.1) is 5.52 Å². The van der Waals surface area contributed by atoms with Gasteiger partial charge in [0.2, 0.25) is 0 Å². The zero-order valence-electron chi connectivity index (χ0n) is 16.0. The van der Waals surface area contributed by atoms with E-state index >= 15 is 0 Å². The molecule has 148 valence electrons. The van der Waals surface area contributed by atoms with Gasteiger partial charge in [-0.15, -0.1) is 24.0 Å². The lowest BCUT2D eigenvalue weighted by Gasteiger charge is -2.13. The van der Waals surface area contributed by atoms with Crippen LogP contribution in [0.2, 0.25) is 0 Å². The number of halogens is 1. The van der Waals surface area contributed by atoms with Gasteiger partial charge >= 0.3 is 0 Å². The molecule has 0 radical (unpaired) electrons. The number of aromatic nitrogens is 4. The Labute approximate surface area is 186 Å². The molecule has 7 nitrogen and oxygen atoms in total. The molecule has 0 fully saturated rings. The van der Waals surface area contributed by atoms with Crippen molar-refractivity contribution in [3.8, 4) is 11.4 Å². The molecule has 0 saturated heterocycles. The maximum atomic E-state index is 4.41. The largest absolute Gasteiger partial charge is 0.352 e. The Morgan fingerprint density at radius 3 is 2.69 bits per heavy atom. The van der Waals surface area contributed by atoms with Gasteiger partial charge in [-0.2, -0.15) is 5.10 Å². The van der Waals surface area contributed by atoms with Crippen LogP contribution in [-0.4, -0.2) is 33.2 Å². The van der Waals surface area contributed by atoms with Gasteiger partial charge in [0.15, 0.2) is 11.8 Å². The highest BCUT2D eigenvalue weighted by molar-refractivity contribution is 14.0. The van der Waals surface area contributed by atoms with Crippen LogP contribution < -0.4 is 10.6 Å². The van der Waals surface area contributed by atoms with Gasteiger partial charge in [-0.25, -0.2) is 4.98 Å². The van der Waals surface area contributed by atoms with Crippen LogP contribution in [-0.2, 0) is 13.1 Å². The number of para-hydroxylation sites is 1. The molecule has 2 aromatic heterocycles. The second kappa shape index (κ2) is 9.97. The van der Waals surface area contributed by atoms with E-state index in [1.807, 2.05) is 42.6 Å². The summed E-state index contributed by atoms with van der Waals surface area (Å²) in [6.07, 6.45) is 3.35. The Morgan fingerprint density at radius 2 is 1.86 bits per heavy atom. The number of nitrogens with zero attached hydrogens (tertiary/aromatic N) is 4. The number of hydrogen-bond donors (Lipinski definition) is 3. The van der Waals surface area contributed by atoms with Gasteiger partial charge in [-0.3, -0.25) is 15.1 Å². The van der Waals surface area contributed by atoms with E-state index in [-0.39, 0.29) is 24.0 Å². The topological polar surface area (TPSA) is 90.9 Å². The van der Waals surface area contributed by atoms with Crippen molar-refractivity contribution in [3.63, 3.8) is 0 Å². The zero-order chi connectivity index (χ0) is 19.2. The first-order valence-corrected chi connectivity index (χ1v) is 9.05. The smallest absolute Gasteiger partial charge is 0.191 e. The fraction of sp³-hybridized carbons (Fsp3) is 0.143. The summed E-state index contributed by atoms with van der Waals surface area (Å²) >= 11 is 0. The summed E-state index contributed by atoms with van der Waals surface area (Å²) in [5.41, 5.74) is 4.31. The van der Waals surface area contributed by atoms with Crippen LogP contribution in [0.25, 0.3) is 22.3 Å². The molecule has 0 atom stereocenters. The predicted octanol–water partition coefficient (Wildman–Crippen LogP) is 3.50. The van der Waals surface area contributed by atoms with Crippen LogP contribution in [0.4, 0.5) is 0 Å². The zero-order valence-corrected chi connectivity index (χ0v) is 18.3. The summed E-state index contributed by atoms with van der Waals surface area (Å²) in [5, 5.41) is 14.7. The van der Waals surface area contributed by atoms with Crippen LogP contribution in [0.15, 0.2) is 72.1 Å². The average Bonchev–Trinajstić information content (AvgIpc) is 3.29. The van der Waals surface area contributed by atoms with Crippen molar-refractivity contribution in [2.45, 2.75) is 13.1 Å². The quantitative estimate of drug-likeness (QED) is 0.222. The number of hydrogen-bond acceptors (Lipinski definition) is 4. The highest BCUT2D eigenvalue weighted by atomic mass is 127. The molecule has 0 spiro atoms. The number of aromatic amines is 1.